The quantitative estimate of drug-likeness (QED) is 0.646. The highest BCUT2D eigenvalue weighted by Gasteiger charge is 2.09. The predicted octanol–water partition coefficient (Wildman–Crippen LogP) is 5.78. The van der Waals surface area contributed by atoms with Crippen molar-refractivity contribution < 1.29 is 0 Å². The van der Waals surface area contributed by atoms with E-state index in [4.69, 9.17) is 11.6 Å². The van der Waals surface area contributed by atoms with Gasteiger partial charge in [-0.25, -0.2) is 0 Å². The van der Waals surface area contributed by atoms with Crippen LogP contribution in [0.15, 0.2) is 42.5 Å². The molecule has 3 heteroatoms. The number of nitrogens with one attached hydrogen (secondary N) is 1. The highest BCUT2D eigenvalue weighted by molar-refractivity contribution is 7.19. The van der Waals surface area contributed by atoms with Crippen molar-refractivity contribution >= 4 is 38.7 Å². The van der Waals surface area contributed by atoms with Crippen molar-refractivity contribution in [3.05, 3.63) is 63.5 Å². The van der Waals surface area contributed by atoms with Crippen LogP contribution in [-0.2, 0) is 6.54 Å². The summed E-state index contributed by atoms with van der Waals surface area (Å²) in [7, 11) is 0. The van der Waals surface area contributed by atoms with Crippen LogP contribution in [0, 0.1) is 13.8 Å². The molecule has 0 atom stereocenters. The van der Waals surface area contributed by atoms with E-state index in [2.05, 4.69) is 55.6 Å². The minimum atomic E-state index is 0.766. The summed E-state index contributed by atoms with van der Waals surface area (Å²) in [6, 6.07) is 14.7. The summed E-state index contributed by atoms with van der Waals surface area (Å²) in [6.45, 7) is 4.99. The van der Waals surface area contributed by atoms with Gasteiger partial charge in [-0.1, -0.05) is 41.9 Å². The Labute approximate surface area is 128 Å². The lowest BCUT2D eigenvalue weighted by atomic mass is 10.1. The molecule has 102 valence electrons. The van der Waals surface area contributed by atoms with Gasteiger partial charge in [0, 0.05) is 20.7 Å². The van der Waals surface area contributed by atoms with E-state index in [-0.39, 0.29) is 0 Å². The van der Waals surface area contributed by atoms with Crippen molar-refractivity contribution in [2.75, 3.05) is 5.32 Å². The van der Waals surface area contributed by atoms with Crippen molar-refractivity contribution in [2.24, 2.45) is 0 Å². The fraction of sp³-hybridized carbons (Fsp3) is 0.176. The van der Waals surface area contributed by atoms with Crippen LogP contribution in [0.2, 0.25) is 5.02 Å². The summed E-state index contributed by atoms with van der Waals surface area (Å²) < 4.78 is 1.25. The third-order valence-electron chi connectivity index (χ3n) is 3.43. The van der Waals surface area contributed by atoms with Crippen molar-refractivity contribution in [1.82, 2.24) is 0 Å². The van der Waals surface area contributed by atoms with Gasteiger partial charge in [0.1, 0.15) is 0 Å². The summed E-state index contributed by atoms with van der Waals surface area (Å²) in [5.74, 6) is 0. The molecule has 0 fully saturated rings. The van der Waals surface area contributed by atoms with Crippen molar-refractivity contribution in [1.29, 1.82) is 0 Å². The van der Waals surface area contributed by atoms with E-state index in [0.29, 0.717) is 0 Å². The first-order valence-electron chi connectivity index (χ1n) is 6.62. The smallest absolute Gasteiger partial charge is 0.0642 e. The molecule has 1 N–H and O–H groups in total. The molecule has 0 aliphatic carbocycles. The molecule has 0 radical (unpaired) electrons. The second kappa shape index (κ2) is 5.47. The highest BCUT2D eigenvalue weighted by Crippen LogP contribution is 2.35. The van der Waals surface area contributed by atoms with Gasteiger partial charge < -0.3 is 5.32 Å². The number of rotatable bonds is 3. The Morgan fingerprint density at radius 2 is 1.90 bits per heavy atom. The number of anilines is 1. The topological polar surface area (TPSA) is 12.0 Å². The van der Waals surface area contributed by atoms with Gasteiger partial charge in [0.05, 0.1) is 11.6 Å². The second-order valence-electron chi connectivity index (χ2n) is 5.01. The van der Waals surface area contributed by atoms with Crippen LogP contribution >= 0.6 is 22.9 Å². The fourth-order valence-electron chi connectivity index (χ4n) is 2.28. The molecule has 1 aromatic heterocycles. The molecular formula is C17H16ClNS. The molecule has 0 saturated carbocycles. The Kier molecular flexibility index (Phi) is 3.68. The van der Waals surface area contributed by atoms with Crippen LogP contribution < -0.4 is 5.32 Å². The van der Waals surface area contributed by atoms with E-state index in [0.717, 1.165) is 17.0 Å². The largest absolute Gasteiger partial charge is 0.380 e. The molecule has 0 aliphatic heterocycles. The number of hydrogen-bond donors (Lipinski definition) is 1. The van der Waals surface area contributed by atoms with Gasteiger partial charge in [-0.05, 0) is 37.1 Å². The van der Waals surface area contributed by atoms with E-state index < -0.39 is 0 Å². The Morgan fingerprint density at radius 3 is 2.70 bits per heavy atom. The third-order valence-corrected chi connectivity index (χ3v) is 5.15. The molecule has 1 nitrogen and oxygen atoms in total. The molecule has 0 bridgehead atoms. The number of halogens is 1. The molecule has 0 aliphatic rings. The normalized spacial score (nSPS) is 10.9. The minimum absolute atomic E-state index is 0.766. The zero-order valence-corrected chi connectivity index (χ0v) is 13.1. The molecule has 20 heavy (non-hydrogen) atoms. The molecule has 3 aromatic rings. The molecular weight excluding hydrogens is 286 g/mol. The number of benzene rings is 2. The molecule has 0 saturated heterocycles. The number of hydrogen-bond acceptors (Lipinski definition) is 2. The van der Waals surface area contributed by atoms with Crippen molar-refractivity contribution in [3.8, 4) is 0 Å². The first kappa shape index (κ1) is 13.5. The third kappa shape index (κ3) is 2.54. The lowest BCUT2D eigenvalue weighted by Crippen LogP contribution is -2.00. The number of fused-ring (bicyclic) bond motifs is 1. The van der Waals surface area contributed by atoms with E-state index in [9.17, 15) is 0 Å². The summed E-state index contributed by atoms with van der Waals surface area (Å²) >= 11 is 8.22. The van der Waals surface area contributed by atoms with E-state index in [1.54, 1.807) is 11.3 Å². The Morgan fingerprint density at radius 1 is 1.10 bits per heavy atom. The molecule has 0 spiro atoms. The minimum Gasteiger partial charge on any atom is -0.380 e. The molecule has 3 rings (SSSR count). The van der Waals surface area contributed by atoms with Crippen molar-refractivity contribution in [3.63, 3.8) is 0 Å². The summed E-state index contributed by atoms with van der Waals surface area (Å²) in [5, 5.41) is 5.53. The van der Waals surface area contributed by atoms with E-state index in [1.807, 2.05) is 6.07 Å². The van der Waals surface area contributed by atoms with Gasteiger partial charge in [0.2, 0.25) is 0 Å². The van der Waals surface area contributed by atoms with Crippen LogP contribution in [-0.4, -0.2) is 0 Å². The maximum Gasteiger partial charge on any atom is 0.0642 e. The highest BCUT2D eigenvalue weighted by atomic mass is 35.5. The van der Waals surface area contributed by atoms with Gasteiger partial charge in [-0.15, -0.1) is 11.3 Å². The standard InChI is InChI=1S/C17H16ClNS/c1-11-7-8-12(2)14(9-11)19-10-16-17(18)13-5-3-4-6-15(13)20-16/h3-9,19H,10H2,1-2H3. The van der Waals surface area contributed by atoms with Crippen LogP contribution in [0.4, 0.5) is 5.69 Å². The van der Waals surface area contributed by atoms with Gasteiger partial charge in [0.15, 0.2) is 0 Å². The summed E-state index contributed by atoms with van der Waals surface area (Å²) in [6.07, 6.45) is 0. The van der Waals surface area contributed by atoms with Crippen LogP contribution in [0.1, 0.15) is 16.0 Å². The van der Waals surface area contributed by atoms with Crippen LogP contribution in [0.25, 0.3) is 10.1 Å². The maximum absolute atomic E-state index is 6.46. The SMILES string of the molecule is Cc1ccc(C)c(NCc2sc3ccccc3c2Cl)c1. The average molecular weight is 302 g/mol. The maximum atomic E-state index is 6.46. The fourth-order valence-corrected chi connectivity index (χ4v) is 3.72. The van der Waals surface area contributed by atoms with Crippen LogP contribution in [0.3, 0.4) is 0 Å². The monoisotopic (exact) mass is 301 g/mol. The van der Waals surface area contributed by atoms with Gasteiger partial charge in [-0.3, -0.25) is 0 Å². The van der Waals surface area contributed by atoms with E-state index in [1.165, 1.54) is 26.4 Å². The average Bonchev–Trinajstić information content (AvgIpc) is 2.77. The zero-order valence-electron chi connectivity index (χ0n) is 11.5. The molecule has 2 aromatic carbocycles. The predicted molar refractivity (Wildman–Crippen MR) is 90.1 cm³/mol. The second-order valence-corrected chi connectivity index (χ2v) is 6.52. The Bertz CT molecular complexity index is 761. The van der Waals surface area contributed by atoms with Gasteiger partial charge in [-0.2, -0.15) is 0 Å². The van der Waals surface area contributed by atoms with Gasteiger partial charge in [0.25, 0.3) is 0 Å². The summed E-state index contributed by atoms with van der Waals surface area (Å²) in [4.78, 5) is 1.19. The summed E-state index contributed by atoms with van der Waals surface area (Å²) in [5.41, 5.74) is 3.70. The van der Waals surface area contributed by atoms with E-state index >= 15 is 0 Å². The lowest BCUT2D eigenvalue weighted by molar-refractivity contribution is 1.18. The molecule has 1 heterocycles. The molecule has 0 unspecified atom stereocenters. The number of aryl methyl sites for hydroxylation is 2. The Hall–Kier alpha value is -1.51. The lowest BCUT2D eigenvalue weighted by Gasteiger charge is -2.09. The first-order valence-corrected chi connectivity index (χ1v) is 7.81. The van der Waals surface area contributed by atoms with Gasteiger partial charge >= 0.3 is 0 Å². The first-order chi connectivity index (χ1) is 9.65. The molecule has 0 amide bonds. The van der Waals surface area contributed by atoms with Crippen molar-refractivity contribution in [2.45, 2.75) is 20.4 Å². The zero-order chi connectivity index (χ0) is 14.1. The van der Waals surface area contributed by atoms with Crippen LogP contribution in [0.5, 0.6) is 0 Å². The number of thiophene rings is 1. The Balaban J connectivity index is 1.87.